The van der Waals surface area contributed by atoms with Gasteiger partial charge in [-0.3, -0.25) is 0 Å². The van der Waals surface area contributed by atoms with Crippen LogP contribution in [0.3, 0.4) is 0 Å². The number of aldehydes is 1. The molecule has 0 amide bonds. The highest BCUT2D eigenvalue weighted by Gasteiger charge is 2.35. The first-order chi connectivity index (χ1) is 13.3. The van der Waals surface area contributed by atoms with Crippen molar-refractivity contribution < 1.29 is 24.1 Å². The minimum atomic E-state index is -0.346. The van der Waals surface area contributed by atoms with Crippen LogP contribution in [0, 0.1) is 11.8 Å². The maximum absolute atomic E-state index is 10.9. The van der Waals surface area contributed by atoms with Crippen LogP contribution in [0.25, 0.3) is 0 Å². The van der Waals surface area contributed by atoms with Crippen LogP contribution in [-0.2, 0) is 14.3 Å². The summed E-state index contributed by atoms with van der Waals surface area (Å²) in [6.07, 6.45) is 7.55. The molecule has 1 aromatic rings. The van der Waals surface area contributed by atoms with Gasteiger partial charge in [0.05, 0.1) is 12.2 Å². The first-order valence-electron chi connectivity index (χ1n) is 10.3. The molecule has 27 heavy (non-hydrogen) atoms. The summed E-state index contributed by atoms with van der Waals surface area (Å²) < 4.78 is 17.9. The maximum atomic E-state index is 10.9. The van der Waals surface area contributed by atoms with E-state index in [-0.39, 0.29) is 24.4 Å². The highest BCUT2D eigenvalue weighted by Crippen LogP contribution is 2.37. The Bertz CT molecular complexity index is 543. The van der Waals surface area contributed by atoms with E-state index in [1.165, 1.54) is 0 Å². The largest absolute Gasteiger partial charge is 0.491 e. The van der Waals surface area contributed by atoms with E-state index < -0.39 is 0 Å². The van der Waals surface area contributed by atoms with Gasteiger partial charge in [-0.1, -0.05) is 18.2 Å². The van der Waals surface area contributed by atoms with E-state index in [0.717, 1.165) is 63.6 Å². The third kappa shape index (κ3) is 6.30. The molecule has 1 unspecified atom stereocenters. The average molecular weight is 376 g/mol. The summed E-state index contributed by atoms with van der Waals surface area (Å²) in [6, 6.07) is 9.78. The lowest BCUT2D eigenvalue weighted by atomic mass is 9.87. The number of hydrogen-bond donors (Lipinski definition) is 1. The van der Waals surface area contributed by atoms with Gasteiger partial charge in [0.2, 0.25) is 0 Å². The van der Waals surface area contributed by atoms with Crippen molar-refractivity contribution in [3.8, 4) is 5.75 Å². The number of ether oxygens (including phenoxy) is 3. The summed E-state index contributed by atoms with van der Waals surface area (Å²) in [4.78, 5) is 10.9. The first-order valence-corrected chi connectivity index (χ1v) is 10.3. The minimum Gasteiger partial charge on any atom is -0.491 e. The molecular formula is C22H32O5. The van der Waals surface area contributed by atoms with Crippen molar-refractivity contribution in [3.05, 3.63) is 30.3 Å². The van der Waals surface area contributed by atoms with Crippen LogP contribution in [0.15, 0.2) is 30.3 Å². The van der Waals surface area contributed by atoms with E-state index in [9.17, 15) is 9.90 Å². The van der Waals surface area contributed by atoms with Crippen LogP contribution < -0.4 is 4.74 Å². The van der Waals surface area contributed by atoms with Gasteiger partial charge < -0.3 is 24.1 Å². The monoisotopic (exact) mass is 376 g/mol. The molecule has 0 radical (unpaired) electrons. The van der Waals surface area contributed by atoms with Gasteiger partial charge in [0, 0.05) is 13.0 Å². The van der Waals surface area contributed by atoms with Crippen LogP contribution in [0.4, 0.5) is 0 Å². The van der Waals surface area contributed by atoms with Crippen LogP contribution in [0.5, 0.6) is 5.75 Å². The zero-order valence-electron chi connectivity index (χ0n) is 16.0. The lowest BCUT2D eigenvalue weighted by Gasteiger charge is -2.29. The molecule has 5 heteroatoms. The third-order valence-electron chi connectivity index (χ3n) is 5.82. The van der Waals surface area contributed by atoms with Gasteiger partial charge >= 0.3 is 0 Å². The van der Waals surface area contributed by atoms with Crippen molar-refractivity contribution in [2.75, 3.05) is 13.2 Å². The Kier molecular flexibility index (Phi) is 8.11. The fourth-order valence-electron chi connectivity index (χ4n) is 4.28. The number of aliphatic hydroxyl groups excluding tert-OH is 1. The van der Waals surface area contributed by atoms with Gasteiger partial charge in [0.15, 0.2) is 6.29 Å². The van der Waals surface area contributed by atoms with E-state index in [1.54, 1.807) is 0 Å². The van der Waals surface area contributed by atoms with Gasteiger partial charge in [-0.2, -0.15) is 0 Å². The quantitative estimate of drug-likeness (QED) is 0.630. The Balaban J connectivity index is 1.54. The predicted molar refractivity (Wildman–Crippen MR) is 103 cm³/mol. The molecule has 1 aromatic carbocycles. The van der Waals surface area contributed by atoms with E-state index in [4.69, 9.17) is 14.2 Å². The molecule has 1 heterocycles. The molecular weight excluding hydrogens is 344 g/mol. The normalized spacial score (nSPS) is 29.4. The second-order valence-corrected chi connectivity index (χ2v) is 7.73. The number of para-hydroxylation sites is 1. The summed E-state index contributed by atoms with van der Waals surface area (Å²) in [5, 5.41) is 10.1. The van der Waals surface area contributed by atoms with E-state index in [0.29, 0.717) is 18.9 Å². The fourth-order valence-corrected chi connectivity index (χ4v) is 4.28. The van der Waals surface area contributed by atoms with E-state index in [1.807, 2.05) is 30.3 Å². The number of hydrogen-bond acceptors (Lipinski definition) is 5. The zero-order chi connectivity index (χ0) is 18.9. The predicted octanol–water partition coefficient (Wildman–Crippen LogP) is 3.73. The van der Waals surface area contributed by atoms with Crippen LogP contribution >= 0.6 is 0 Å². The second-order valence-electron chi connectivity index (χ2n) is 7.73. The van der Waals surface area contributed by atoms with Crippen molar-refractivity contribution in [1.29, 1.82) is 0 Å². The molecule has 0 spiro atoms. The van der Waals surface area contributed by atoms with Crippen molar-refractivity contribution in [2.24, 2.45) is 11.8 Å². The topological polar surface area (TPSA) is 65.0 Å². The van der Waals surface area contributed by atoms with Crippen molar-refractivity contribution in [3.63, 3.8) is 0 Å². The molecule has 5 atom stereocenters. The van der Waals surface area contributed by atoms with Gasteiger partial charge in [-0.05, 0) is 68.9 Å². The first kappa shape index (κ1) is 20.3. The molecule has 1 aliphatic carbocycles. The van der Waals surface area contributed by atoms with Crippen LogP contribution in [-0.4, -0.2) is 43.1 Å². The van der Waals surface area contributed by atoms with E-state index >= 15 is 0 Å². The molecule has 0 bridgehead atoms. The summed E-state index contributed by atoms with van der Waals surface area (Å²) in [5.41, 5.74) is 0. The molecule has 2 fully saturated rings. The summed E-state index contributed by atoms with van der Waals surface area (Å²) in [7, 11) is 0. The summed E-state index contributed by atoms with van der Waals surface area (Å²) in [6.45, 7) is 1.24. The molecule has 0 aromatic heterocycles. The highest BCUT2D eigenvalue weighted by molar-refractivity contribution is 5.50. The zero-order valence-corrected chi connectivity index (χ0v) is 16.0. The molecule has 5 nitrogen and oxygen atoms in total. The number of benzene rings is 1. The number of rotatable bonds is 10. The lowest BCUT2D eigenvalue weighted by molar-refractivity contribution is -0.195. The lowest BCUT2D eigenvalue weighted by Crippen LogP contribution is -2.32. The molecule has 1 saturated heterocycles. The van der Waals surface area contributed by atoms with Crippen molar-refractivity contribution in [2.45, 2.75) is 69.9 Å². The summed E-state index contributed by atoms with van der Waals surface area (Å²) >= 11 is 0. The van der Waals surface area contributed by atoms with Crippen molar-refractivity contribution in [1.82, 2.24) is 0 Å². The number of carbonyl (C=O) groups excluding carboxylic acids is 1. The highest BCUT2D eigenvalue weighted by atomic mass is 16.7. The third-order valence-corrected chi connectivity index (χ3v) is 5.82. The number of carbonyl (C=O) groups is 1. The Labute approximate surface area is 162 Å². The minimum absolute atomic E-state index is 0.0528. The Morgan fingerprint density at radius 3 is 2.78 bits per heavy atom. The molecule has 1 saturated carbocycles. The maximum Gasteiger partial charge on any atom is 0.158 e. The van der Waals surface area contributed by atoms with Crippen molar-refractivity contribution >= 4 is 6.29 Å². The van der Waals surface area contributed by atoms with Gasteiger partial charge in [0.25, 0.3) is 0 Å². The fraction of sp³-hybridized carbons (Fsp3) is 0.682. The average Bonchev–Trinajstić information content (AvgIpc) is 3.06. The standard InChI is InChI=1S/C22H32O5/c23-14-13-20-17(10-12-21(20)24)9-11-19(27-22-8-4-5-15-25-22)16-26-18-6-2-1-3-7-18/h1-3,6-7,14,17,19-22,24H,4-5,8-13,15-16H2/t17-,19+,20+,21-,22?/m1/s1. The molecule has 2 aliphatic rings. The Morgan fingerprint density at radius 1 is 1.19 bits per heavy atom. The molecule has 150 valence electrons. The Morgan fingerprint density at radius 2 is 2.04 bits per heavy atom. The Hall–Kier alpha value is -1.43. The van der Waals surface area contributed by atoms with Crippen LogP contribution in [0.2, 0.25) is 0 Å². The van der Waals surface area contributed by atoms with Gasteiger partial charge in [0.1, 0.15) is 18.6 Å². The molecule has 3 rings (SSSR count). The van der Waals surface area contributed by atoms with Gasteiger partial charge in [-0.25, -0.2) is 0 Å². The SMILES string of the molecule is O=CC[C@H]1[C@H](CC[C@@H](COc2ccccc2)OC2CCCCO2)CC[C@H]1O. The summed E-state index contributed by atoms with van der Waals surface area (Å²) in [5.74, 6) is 1.30. The van der Waals surface area contributed by atoms with Gasteiger partial charge in [-0.15, -0.1) is 0 Å². The van der Waals surface area contributed by atoms with E-state index in [2.05, 4.69) is 0 Å². The second kappa shape index (κ2) is 10.8. The molecule has 1 aliphatic heterocycles. The van der Waals surface area contributed by atoms with Crippen LogP contribution in [0.1, 0.15) is 51.4 Å². The molecule has 1 N–H and O–H groups in total. The smallest absolute Gasteiger partial charge is 0.158 e. The number of aliphatic hydroxyl groups is 1.